The van der Waals surface area contributed by atoms with Gasteiger partial charge in [0, 0.05) is 10.9 Å². The van der Waals surface area contributed by atoms with Gasteiger partial charge in [-0.15, -0.1) is 0 Å². The fourth-order valence-electron chi connectivity index (χ4n) is 2.50. The molecule has 0 radical (unpaired) electrons. The molecule has 0 unspecified atom stereocenters. The number of carboxylic acid groups (broad SMARTS) is 1. The molecule has 2 aromatic heterocycles. The number of fused-ring (bicyclic) bond motifs is 1. The van der Waals surface area contributed by atoms with Crippen LogP contribution in [0.3, 0.4) is 0 Å². The van der Waals surface area contributed by atoms with Crippen LogP contribution in [0.4, 0.5) is 0 Å². The SMILES string of the molecule is Cc1cc(C(=O)NCc2cc(C)c(C(=O)O)o2)c2[nH]ncc2c1. The Kier molecular flexibility index (Phi) is 3.61. The molecule has 0 spiro atoms. The van der Waals surface area contributed by atoms with Gasteiger partial charge < -0.3 is 14.8 Å². The fraction of sp³-hybridized carbons (Fsp3) is 0.188. The highest BCUT2D eigenvalue weighted by atomic mass is 16.4. The van der Waals surface area contributed by atoms with Crippen LogP contribution < -0.4 is 5.32 Å². The Morgan fingerprint density at radius 2 is 2.09 bits per heavy atom. The van der Waals surface area contributed by atoms with Crippen LogP contribution in [-0.4, -0.2) is 27.2 Å². The summed E-state index contributed by atoms with van der Waals surface area (Å²) >= 11 is 0. The van der Waals surface area contributed by atoms with Gasteiger partial charge in [-0.2, -0.15) is 5.10 Å². The minimum absolute atomic E-state index is 0.108. The second kappa shape index (κ2) is 5.60. The topological polar surface area (TPSA) is 108 Å². The summed E-state index contributed by atoms with van der Waals surface area (Å²) in [4.78, 5) is 23.3. The zero-order chi connectivity index (χ0) is 16.6. The lowest BCUT2D eigenvalue weighted by Gasteiger charge is -2.06. The van der Waals surface area contributed by atoms with Crippen molar-refractivity contribution >= 4 is 22.8 Å². The third kappa shape index (κ3) is 2.80. The third-order valence-electron chi connectivity index (χ3n) is 3.52. The van der Waals surface area contributed by atoms with E-state index in [1.807, 2.05) is 13.0 Å². The van der Waals surface area contributed by atoms with Crippen LogP contribution in [0.5, 0.6) is 0 Å². The van der Waals surface area contributed by atoms with E-state index < -0.39 is 5.97 Å². The molecule has 3 N–H and O–H groups in total. The quantitative estimate of drug-likeness (QED) is 0.685. The lowest BCUT2D eigenvalue weighted by Crippen LogP contribution is -2.23. The van der Waals surface area contributed by atoms with E-state index in [0.29, 0.717) is 22.4 Å². The van der Waals surface area contributed by atoms with Gasteiger partial charge in [0.25, 0.3) is 5.91 Å². The number of aryl methyl sites for hydroxylation is 2. The number of rotatable bonds is 4. The molecule has 23 heavy (non-hydrogen) atoms. The number of aromatic amines is 1. The van der Waals surface area contributed by atoms with Crippen LogP contribution in [0.1, 0.15) is 37.8 Å². The first-order valence-corrected chi connectivity index (χ1v) is 7.00. The molecule has 0 aliphatic heterocycles. The summed E-state index contributed by atoms with van der Waals surface area (Å²) in [5, 5.41) is 19.3. The average Bonchev–Trinajstić information content (AvgIpc) is 3.09. The molecule has 0 saturated heterocycles. The lowest BCUT2D eigenvalue weighted by molar-refractivity contribution is 0.0659. The van der Waals surface area contributed by atoms with Crippen molar-refractivity contribution in [3.8, 4) is 0 Å². The molecule has 1 aromatic carbocycles. The van der Waals surface area contributed by atoms with Gasteiger partial charge in [0.15, 0.2) is 0 Å². The summed E-state index contributed by atoms with van der Waals surface area (Å²) in [6.45, 7) is 3.65. The molecule has 7 heteroatoms. The summed E-state index contributed by atoms with van der Waals surface area (Å²) in [5.41, 5.74) is 2.62. The highest BCUT2D eigenvalue weighted by Crippen LogP contribution is 2.19. The van der Waals surface area contributed by atoms with Crippen LogP contribution >= 0.6 is 0 Å². The lowest BCUT2D eigenvalue weighted by atomic mass is 10.1. The largest absolute Gasteiger partial charge is 0.475 e. The standard InChI is InChI=1S/C16H15N3O4/c1-8-3-10-6-18-19-13(10)12(4-8)15(20)17-7-11-5-9(2)14(23-11)16(21)22/h3-6H,7H2,1-2H3,(H,17,20)(H,18,19)(H,21,22). The van der Waals surface area contributed by atoms with Crippen LogP contribution in [0.25, 0.3) is 10.9 Å². The Hall–Kier alpha value is -3.09. The van der Waals surface area contributed by atoms with Gasteiger partial charge in [0.1, 0.15) is 5.76 Å². The zero-order valence-corrected chi connectivity index (χ0v) is 12.6. The number of nitrogens with zero attached hydrogens (tertiary/aromatic N) is 1. The molecule has 3 rings (SSSR count). The molecule has 118 valence electrons. The molecule has 1 amide bonds. The van der Waals surface area contributed by atoms with Crippen molar-refractivity contribution in [1.82, 2.24) is 15.5 Å². The van der Waals surface area contributed by atoms with Crippen LogP contribution in [0.2, 0.25) is 0 Å². The first-order valence-electron chi connectivity index (χ1n) is 7.00. The van der Waals surface area contributed by atoms with Crippen LogP contribution in [-0.2, 0) is 6.54 Å². The molecule has 2 heterocycles. The Morgan fingerprint density at radius 3 is 2.78 bits per heavy atom. The molecule has 0 aliphatic carbocycles. The van der Waals surface area contributed by atoms with E-state index in [1.165, 1.54) is 0 Å². The normalized spacial score (nSPS) is 10.9. The summed E-state index contributed by atoms with van der Waals surface area (Å²) in [6, 6.07) is 5.31. The van der Waals surface area contributed by atoms with Crippen molar-refractivity contribution in [1.29, 1.82) is 0 Å². The molecule has 0 saturated carbocycles. The van der Waals surface area contributed by atoms with Gasteiger partial charge >= 0.3 is 5.97 Å². The predicted octanol–water partition coefficient (Wildman–Crippen LogP) is 2.40. The summed E-state index contributed by atoms with van der Waals surface area (Å²) in [7, 11) is 0. The van der Waals surface area contributed by atoms with Crippen LogP contribution in [0, 0.1) is 13.8 Å². The Balaban J connectivity index is 1.80. The number of hydrogen-bond acceptors (Lipinski definition) is 4. The van der Waals surface area contributed by atoms with Crippen molar-refractivity contribution in [2.45, 2.75) is 20.4 Å². The first-order chi connectivity index (χ1) is 11.0. The number of amides is 1. The van der Waals surface area contributed by atoms with E-state index in [4.69, 9.17) is 9.52 Å². The van der Waals surface area contributed by atoms with E-state index in [9.17, 15) is 9.59 Å². The zero-order valence-electron chi connectivity index (χ0n) is 12.6. The number of aromatic carboxylic acids is 1. The number of carbonyl (C=O) groups excluding carboxylic acids is 1. The molecule has 7 nitrogen and oxygen atoms in total. The predicted molar refractivity (Wildman–Crippen MR) is 82.4 cm³/mol. The molecule has 0 aliphatic rings. The Labute approximate surface area is 131 Å². The highest BCUT2D eigenvalue weighted by molar-refractivity contribution is 6.05. The van der Waals surface area contributed by atoms with Gasteiger partial charge in [-0.3, -0.25) is 9.89 Å². The number of carbonyl (C=O) groups is 2. The average molecular weight is 313 g/mol. The van der Waals surface area contributed by atoms with E-state index in [-0.39, 0.29) is 18.2 Å². The molecular weight excluding hydrogens is 298 g/mol. The summed E-state index contributed by atoms with van der Waals surface area (Å²) in [6.07, 6.45) is 1.66. The number of furan rings is 1. The van der Waals surface area contributed by atoms with Crippen molar-refractivity contribution in [3.05, 3.63) is 52.6 Å². The van der Waals surface area contributed by atoms with Gasteiger partial charge in [-0.25, -0.2) is 4.79 Å². The Morgan fingerprint density at radius 1 is 1.30 bits per heavy atom. The summed E-state index contributed by atoms with van der Waals surface area (Å²) < 4.78 is 5.22. The third-order valence-corrected chi connectivity index (χ3v) is 3.52. The number of H-pyrrole nitrogens is 1. The van der Waals surface area contributed by atoms with Gasteiger partial charge in [0.05, 0.1) is 23.8 Å². The number of aromatic nitrogens is 2. The number of nitrogens with one attached hydrogen (secondary N) is 2. The van der Waals surface area contributed by atoms with Crippen LogP contribution in [0.15, 0.2) is 28.8 Å². The van der Waals surface area contributed by atoms with Gasteiger partial charge in [-0.1, -0.05) is 0 Å². The fourth-order valence-corrected chi connectivity index (χ4v) is 2.50. The van der Waals surface area contributed by atoms with Gasteiger partial charge in [-0.05, 0) is 37.6 Å². The second-order valence-corrected chi connectivity index (χ2v) is 5.36. The first kappa shape index (κ1) is 14.8. The monoisotopic (exact) mass is 313 g/mol. The maximum Gasteiger partial charge on any atom is 0.372 e. The van der Waals surface area contributed by atoms with Crippen molar-refractivity contribution in [2.24, 2.45) is 0 Å². The van der Waals surface area contributed by atoms with Crippen molar-refractivity contribution < 1.29 is 19.1 Å². The maximum atomic E-state index is 12.4. The molecule has 0 bridgehead atoms. The van der Waals surface area contributed by atoms with Crippen molar-refractivity contribution in [3.63, 3.8) is 0 Å². The molecular formula is C16H15N3O4. The number of carboxylic acids is 1. The smallest absolute Gasteiger partial charge is 0.372 e. The van der Waals surface area contributed by atoms with Gasteiger partial charge in [0.2, 0.25) is 5.76 Å². The van der Waals surface area contributed by atoms with E-state index in [2.05, 4.69) is 15.5 Å². The minimum Gasteiger partial charge on any atom is -0.475 e. The second-order valence-electron chi connectivity index (χ2n) is 5.36. The Bertz CT molecular complexity index is 907. The number of benzene rings is 1. The molecule has 3 aromatic rings. The van der Waals surface area contributed by atoms with E-state index >= 15 is 0 Å². The van der Waals surface area contributed by atoms with Crippen molar-refractivity contribution in [2.75, 3.05) is 0 Å². The minimum atomic E-state index is -1.13. The van der Waals surface area contributed by atoms with E-state index in [0.717, 1.165) is 10.9 Å². The summed E-state index contributed by atoms with van der Waals surface area (Å²) in [5.74, 6) is -1.13. The molecule has 0 fully saturated rings. The van der Waals surface area contributed by atoms with E-state index in [1.54, 1.807) is 25.3 Å². The maximum absolute atomic E-state index is 12.4. The highest BCUT2D eigenvalue weighted by Gasteiger charge is 2.16. The number of hydrogen-bond donors (Lipinski definition) is 3. The molecule has 0 atom stereocenters.